The van der Waals surface area contributed by atoms with Crippen LogP contribution >= 0.6 is 0 Å². The molecular formula is C16H22N4O. The molecule has 0 aliphatic heterocycles. The quantitative estimate of drug-likeness (QED) is 0.846. The monoisotopic (exact) mass is 286 g/mol. The van der Waals surface area contributed by atoms with Crippen molar-refractivity contribution in [3.63, 3.8) is 0 Å². The van der Waals surface area contributed by atoms with Crippen LogP contribution in [-0.4, -0.2) is 40.8 Å². The summed E-state index contributed by atoms with van der Waals surface area (Å²) in [7, 11) is 2.20. The van der Waals surface area contributed by atoms with Crippen molar-refractivity contribution in [2.45, 2.75) is 38.4 Å². The van der Waals surface area contributed by atoms with Gasteiger partial charge in [0.05, 0.1) is 6.54 Å². The van der Waals surface area contributed by atoms with Crippen LogP contribution in [0.1, 0.15) is 25.7 Å². The maximum atomic E-state index is 5.67. The zero-order valence-electron chi connectivity index (χ0n) is 12.6. The Balaban J connectivity index is 1.49. The van der Waals surface area contributed by atoms with E-state index in [1.165, 1.54) is 12.8 Å². The summed E-state index contributed by atoms with van der Waals surface area (Å²) in [4.78, 5) is 2.44. The second-order valence-corrected chi connectivity index (χ2v) is 5.74. The Morgan fingerprint density at radius 2 is 2.05 bits per heavy atom. The molecule has 1 saturated carbocycles. The molecule has 1 heterocycles. The molecule has 21 heavy (non-hydrogen) atoms. The first-order valence-corrected chi connectivity index (χ1v) is 7.54. The molecule has 112 valence electrons. The molecule has 1 atom stereocenters. The SMILES string of the molecule is CC(CNCc1nnc(-c2ccccc2)o1)N(C)C1CC1. The van der Waals surface area contributed by atoms with E-state index in [0.717, 1.165) is 18.2 Å². The highest BCUT2D eigenvalue weighted by molar-refractivity contribution is 5.51. The number of nitrogens with one attached hydrogen (secondary N) is 1. The van der Waals surface area contributed by atoms with Crippen LogP contribution in [0.2, 0.25) is 0 Å². The van der Waals surface area contributed by atoms with Crippen molar-refractivity contribution in [1.29, 1.82) is 0 Å². The van der Waals surface area contributed by atoms with E-state index in [0.29, 0.717) is 24.4 Å². The lowest BCUT2D eigenvalue weighted by Gasteiger charge is -2.24. The lowest BCUT2D eigenvalue weighted by molar-refractivity contribution is 0.239. The van der Waals surface area contributed by atoms with Gasteiger partial charge in [-0.3, -0.25) is 4.90 Å². The van der Waals surface area contributed by atoms with Crippen LogP contribution in [0.25, 0.3) is 11.5 Å². The molecule has 1 N–H and O–H groups in total. The van der Waals surface area contributed by atoms with Crippen molar-refractivity contribution in [1.82, 2.24) is 20.4 Å². The van der Waals surface area contributed by atoms with E-state index in [4.69, 9.17) is 4.42 Å². The molecule has 1 aromatic carbocycles. The standard InChI is InChI=1S/C16H22N4O/c1-12(20(2)14-8-9-14)10-17-11-15-18-19-16(21-15)13-6-4-3-5-7-13/h3-7,12,14,17H,8-11H2,1-2H3. The predicted molar refractivity (Wildman–Crippen MR) is 81.7 cm³/mol. The Morgan fingerprint density at radius 3 is 2.76 bits per heavy atom. The first-order valence-electron chi connectivity index (χ1n) is 7.54. The van der Waals surface area contributed by atoms with Crippen LogP contribution in [-0.2, 0) is 6.54 Å². The highest BCUT2D eigenvalue weighted by Crippen LogP contribution is 2.26. The van der Waals surface area contributed by atoms with E-state index < -0.39 is 0 Å². The molecule has 0 spiro atoms. The van der Waals surface area contributed by atoms with Gasteiger partial charge in [-0.2, -0.15) is 0 Å². The van der Waals surface area contributed by atoms with Crippen molar-refractivity contribution in [3.8, 4) is 11.5 Å². The molecule has 5 heteroatoms. The number of hydrogen-bond acceptors (Lipinski definition) is 5. The van der Waals surface area contributed by atoms with Gasteiger partial charge in [-0.1, -0.05) is 18.2 Å². The summed E-state index contributed by atoms with van der Waals surface area (Å²) in [5.74, 6) is 1.21. The van der Waals surface area contributed by atoms with Gasteiger partial charge < -0.3 is 9.73 Å². The van der Waals surface area contributed by atoms with Gasteiger partial charge in [-0.25, -0.2) is 0 Å². The number of hydrogen-bond donors (Lipinski definition) is 1. The summed E-state index contributed by atoms with van der Waals surface area (Å²) in [5.41, 5.74) is 0.957. The van der Waals surface area contributed by atoms with Crippen LogP contribution < -0.4 is 5.32 Å². The van der Waals surface area contributed by atoms with Crippen LogP contribution in [0, 0.1) is 0 Å². The molecule has 1 aliphatic rings. The van der Waals surface area contributed by atoms with Crippen LogP contribution in [0.3, 0.4) is 0 Å². The third kappa shape index (κ3) is 3.68. The highest BCUT2D eigenvalue weighted by Gasteiger charge is 2.28. The molecular weight excluding hydrogens is 264 g/mol. The van der Waals surface area contributed by atoms with Crippen molar-refractivity contribution in [2.24, 2.45) is 0 Å². The Kier molecular flexibility index (Phi) is 4.31. The van der Waals surface area contributed by atoms with Crippen LogP contribution in [0.4, 0.5) is 0 Å². The van der Waals surface area contributed by atoms with Gasteiger partial charge in [0.1, 0.15) is 0 Å². The fourth-order valence-corrected chi connectivity index (χ4v) is 2.40. The molecule has 0 amide bonds. The Morgan fingerprint density at radius 1 is 1.29 bits per heavy atom. The molecule has 2 aromatic rings. The average molecular weight is 286 g/mol. The average Bonchev–Trinajstić information content (AvgIpc) is 3.26. The van der Waals surface area contributed by atoms with Gasteiger partial charge in [0, 0.05) is 24.2 Å². The molecule has 1 aliphatic carbocycles. The predicted octanol–water partition coefficient (Wildman–Crippen LogP) is 2.31. The number of nitrogens with zero attached hydrogens (tertiary/aromatic N) is 3. The zero-order chi connectivity index (χ0) is 14.7. The fourth-order valence-electron chi connectivity index (χ4n) is 2.40. The van der Waals surface area contributed by atoms with Crippen molar-refractivity contribution >= 4 is 0 Å². The lowest BCUT2D eigenvalue weighted by Crippen LogP contribution is -2.38. The summed E-state index contributed by atoms with van der Waals surface area (Å²) in [6.07, 6.45) is 2.68. The van der Waals surface area contributed by atoms with E-state index in [1.807, 2.05) is 30.3 Å². The number of likely N-dealkylation sites (N-methyl/N-ethyl adjacent to an activating group) is 1. The molecule has 0 bridgehead atoms. The summed E-state index contributed by atoms with van der Waals surface area (Å²) >= 11 is 0. The van der Waals surface area contributed by atoms with E-state index in [-0.39, 0.29) is 0 Å². The second kappa shape index (κ2) is 6.37. The summed E-state index contributed by atoms with van der Waals surface area (Å²) in [6, 6.07) is 11.2. The van der Waals surface area contributed by atoms with Gasteiger partial charge in [-0.05, 0) is 38.9 Å². The molecule has 0 saturated heterocycles. The fraction of sp³-hybridized carbons (Fsp3) is 0.500. The normalized spacial score (nSPS) is 16.3. The van der Waals surface area contributed by atoms with Gasteiger partial charge in [0.15, 0.2) is 0 Å². The van der Waals surface area contributed by atoms with Crippen molar-refractivity contribution in [2.75, 3.05) is 13.6 Å². The lowest BCUT2D eigenvalue weighted by atomic mass is 10.2. The van der Waals surface area contributed by atoms with E-state index >= 15 is 0 Å². The largest absolute Gasteiger partial charge is 0.419 e. The summed E-state index contributed by atoms with van der Waals surface area (Å²) in [6.45, 7) is 3.78. The van der Waals surface area contributed by atoms with Gasteiger partial charge in [0.2, 0.25) is 11.8 Å². The Bertz CT molecular complexity index is 565. The smallest absolute Gasteiger partial charge is 0.247 e. The first kappa shape index (κ1) is 14.2. The third-order valence-electron chi connectivity index (χ3n) is 4.02. The highest BCUT2D eigenvalue weighted by atomic mass is 16.4. The maximum absolute atomic E-state index is 5.67. The molecule has 1 unspecified atom stereocenters. The minimum atomic E-state index is 0.522. The second-order valence-electron chi connectivity index (χ2n) is 5.74. The van der Waals surface area contributed by atoms with E-state index in [1.54, 1.807) is 0 Å². The molecule has 1 aromatic heterocycles. The molecule has 1 fully saturated rings. The third-order valence-corrected chi connectivity index (χ3v) is 4.02. The molecule has 5 nitrogen and oxygen atoms in total. The minimum absolute atomic E-state index is 0.522. The number of benzene rings is 1. The van der Waals surface area contributed by atoms with Gasteiger partial charge in [0.25, 0.3) is 0 Å². The minimum Gasteiger partial charge on any atom is -0.419 e. The Labute approximate surface area is 125 Å². The van der Waals surface area contributed by atoms with Gasteiger partial charge >= 0.3 is 0 Å². The maximum Gasteiger partial charge on any atom is 0.247 e. The summed E-state index contributed by atoms with van der Waals surface area (Å²) in [5, 5.41) is 11.6. The van der Waals surface area contributed by atoms with E-state index in [9.17, 15) is 0 Å². The number of rotatable bonds is 7. The van der Waals surface area contributed by atoms with E-state index in [2.05, 4.69) is 34.4 Å². The first-order chi connectivity index (χ1) is 10.2. The number of aromatic nitrogens is 2. The van der Waals surface area contributed by atoms with Crippen LogP contribution in [0.5, 0.6) is 0 Å². The molecule has 3 rings (SSSR count). The summed E-state index contributed by atoms with van der Waals surface area (Å²) < 4.78 is 5.67. The zero-order valence-corrected chi connectivity index (χ0v) is 12.6. The van der Waals surface area contributed by atoms with Crippen molar-refractivity contribution < 1.29 is 4.42 Å². The Hall–Kier alpha value is -1.72. The van der Waals surface area contributed by atoms with Gasteiger partial charge in [-0.15, -0.1) is 10.2 Å². The van der Waals surface area contributed by atoms with Crippen LogP contribution in [0.15, 0.2) is 34.7 Å². The topological polar surface area (TPSA) is 54.2 Å². The van der Waals surface area contributed by atoms with Crippen molar-refractivity contribution in [3.05, 3.63) is 36.2 Å². The molecule has 0 radical (unpaired) electrons.